The van der Waals surface area contributed by atoms with Crippen LogP contribution in [-0.4, -0.2) is 15.0 Å². The van der Waals surface area contributed by atoms with Gasteiger partial charge in [-0.25, -0.2) is 4.21 Å². The summed E-state index contributed by atoms with van der Waals surface area (Å²) in [6.07, 6.45) is 0. The lowest BCUT2D eigenvalue weighted by molar-refractivity contribution is -0.457. The van der Waals surface area contributed by atoms with Crippen molar-refractivity contribution in [3.05, 3.63) is 33.4 Å². The van der Waals surface area contributed by atoms with Gasteiger partial charge in [-0.1, -0.05) is 0 Å². The van der Waals surface area contributed by atoms with Crippen LogP contribution in [0.4, 0.5) is 5.69 Å². The minimum absolute atomic E-state index is 0.515. The Labute approximate surface area is 89.9 Å². The summed E-state index contributed by atoms with van der Waals surface area (Å²) in [7, 11) is -1.60. The quantitative estimate of drug-likeness (QED) is 0.479. The molecule has 5 nitrogen and oxygen atoms in total. The SMILES string of the molecule is Cc1cc(N)cc(C)c1S(=O)C[N+](=O)[O-]. The van der Waals surface area contributed by atoms with Crippen molar-refractivity contribution in [2.24, 2.45) is 0 Å². The molecule has 0 spiro atoms. The van der Waals surface area contributed by atoms with Crippen molar-refractivity contribution < 1.29 is 9.13 Å². The minimum Gasteiger partial charge on any atom is -0.399 e. The van der Waals surface area contributed by atoms with Crippen molar-refractivity contribution in [3.63, 3.8) is 0 Å². The second kappa shape index (κ2) is 4.39. The van der Waals surface area contributed by atoms with E-state index in [1.54, 1.807) is 26.0 Å². The zero-order valence-electron chi connectivity index (χ0n) is 8.52. The number of nitrogen functional groups attached to an aromatic ring is 1. The second-order valence-electron chi connectivity index (χ2n) is 3.29. The molecule has 1 rings (SSSR count). The maximum absolute atomic E-state index is 11.6. The van der Waals surface area contributed by atoms with Crippen LogP contribution in [-0.2, 0) is 10.8 Å². The Morgan fingerprint density at radius 2 is 1.87 bits per heavy atom. The highest BCUT2D eigenvalue weighted by Crippen LogP contribution is 2.21. The summed E-state index contributed by atoms with van der Waals surface area (Å²) in [6.45, 7) is 3.49. The van der Waals surface area contributed by atoms with Crippen molar-refractivity contribution in [3.8, 4) is 0 Å². The topological polar surface area (TPSA) is 86.2 Å². The summed E-state index contributed by atoms with van der Waals surface area (Å²) in [4.78, 5) is 10.2. The minimum atomic E-state index is -1.60. The highest BCUT2D eigenvalue weighted by atomic mass is 32.2. The van der Waals surface area contributed by atoms with E-state index in [9.17, 15) is 14.3 Å². The highest BCUT2D eigenvalue weighted by Gasteiger charge is 2.15. The molecule has 0 heterocycles. The Morgan fingerprint density at radius 1 is 1.40 bits per heavy atom. The summed E-state index contributed by atoms with van der Waals surface area (Å²) in [6, 6.07) is 3.33. The molecular formula is C9H12N2O3S. The molecule has 0 saturated carbocycles. The largest absolute Gasteiger partial charge is 0.399 e. The zero-order valence-corrected chi connectivity index (χ0v) is 9.34. The predicted octanol–water partition coefficient (Wildman–Crippen LogP) is 1.23. The smallest absolute Gasteiger partial charge is 0.281 e. The number of anilines is 1. The number of rotatable bonds is 3. The first-order valence-electron chi connectivity index (χ1n) is 4.28. The van der Waals surface area contributed by atoms with Crippen LogP contribution in [0.5, 0.6) is 0 Å². The van der Waals surface area contributed by atoms with Crippen LogP contribution in [0.2, 0.25) is 0 Å². The molecule has 0 aromatic heterocycles. The van der Waals surface area contributed by atoms with E-state index in [-0.39, 0.29) is 0 Å². The Balaban J connectivity index is 3.14. The molecule has 0 aliphatic heterocycles. The molecule has 0 aliphatic carbocycles. The van der Waals surface area contributed by atoms with Gasteiger partial charge in [0.25, 0.3) is 5.88 Å². The van der Waals surface area contributed by atoms with Gasteiger partial charge < -0.3 is 5.73 Å². The van der Waals surface area contributed by atoms with Crippen LogP contribution in [0.25, 0.3) is 0 Å². The second-order valence-corrected chi connectivity index (χ2v) is 4.65. The number of nitro groups is 1. The van der Waals surface area contributed by atoms with Gasteiger partial charge in [-0.05, 0) is 37.1 Å². The van der Waals surface area contributed by atoms with Crippen molar-refractivity contribution in [2.75, 3.05) is 11.6 Å². The van der Waals surface area contributed by atoms with E-state index in [1.165, 1.54) is 0 Å². The van der Waals surface area contributed by atoms with Crippen LogP contribution in [0, 0.1) is 24.0 Å². The monoisotopic (exact) mass is 228 g/mol. The standard InChI is InChI=1S/C9H12N2O3S/c1-6-3-8(10)4-7(2)9(6)15(14)5-11(12)13/h3-4H,5,10H2,1-2H3. The third kappa shape index (κ3) is 2.76. The fraction of sp³-hybridized carbons (Fsp3) is 0.333. The van der Waals surface area contributed by atoms with Crippen molar-refractivity contribution in [1.29, 1.82) is 0 Å². The highest BCUT2D eigenvalue weighted by molar-refractivity contribution is 7.84. The molecule has 0 bridgehead atoms. The molecule has 0 aliphatic rings. The first-order chi connectivity index (χ1) is 6.91. The Bertz CT molecular complexity index is 408. The van der Waals surface area contributed by atoms with Crippen LogP contribution in [0.3, 0.4) is 0 Å². The molecule has 1 atom stereocenters. The summed E-state index contributed by atoms with van der Waals surface area (Å²) in [5, 5.41) is 10.3. The maximum Gasteiger partial charge on any atom is 0.281 e. The normalized spacial score (nSPS) is 12.4. The van der Waals surface area contributed by atoms with Crippen LogP contribution < -0.4 is 5.73 Å². The van der Waals surface area contributed by atoms with Gasteiger partial charge in [-0.3, -0.25) is 10.1 Å². The van der Waals surface area contributed by atoms with E-state index < -0.39 is 21.6 Å². The zero-order chi connectivity index (χ0) is 11.6. The molecular weight excluding hydrogens is 216 g/mol. The van der Waals surface area contributed by atoms with E-state index in [1.807, 2.05) is 0 Å². The maximum atomic E-state index is 11.6. The number of hydrogen-bond acceptors (Lipinski definition) is 4. The summed E-state index contributed by atoms with van der Waals surface area (Å²) in [5.41, 5.74) is 7.63. The lowest BCUT2D eigenvalue weighted by Crippen LogP contribution is -2.10. The predicted molar refractivity (Wildman–Crippen MR) is 58.6 cm³/mol. The Kier molecular flexibility index (Phi) is 3.41. The van der Waals surface area contributed by atoms with Gasteiger partial charge in [0.05, 0.1) is 4.90 Å². The molecule has 0 amide bonds. The van der Waals surface area contributed by atoms with Crippen LogP contribution >= 0.6 is 0 Å². The molecule has 0 fully saturated rings. The van der Waals surface area contributed by atoms with Crippen LogP contribution in [0.15, 0.2) is 17.0 Å². The summed E-state index contributed by atoms with van der Waals surface area (Å²) >= 11 is 0. The third-order valence-corrected chi connectivity index (χ3v) is 3.48. The third-order valence-electron chi connectivity index (χ3n) is 1.93. The first kappa shape index (κ1) is 11.6. The number of hydrogen-bond donors (Lipinski definition) is 1. The molecule has 0 radical (unpaired) electrons. The van der Waals surface area contributed by atoms with Gasteiger partial charge in [0.1, 0.15) is 10.8 Å². The first-order valence-corrected chi connectivity index (χ1v) is 5.60. The van der Waals surface area contributed by atoms with E-state index in [0.717, 1.165) is 11.1 Å². The number of benzene rings is 1. The molecule has 1 aromatic rings. The average molecular weight is 228 g/mol. The number of nitrogens with zero attached hydrogens (tertiary/aromatic N) is 1. The van der Waals surface area contributed by atoms with Gasteiger partial charge in [0.2, 0.25) is 0 Å². The molecule has 0 saturated heterocycles. The van der Waals surface area contributed by atoms with E-state index >= 15 is 0 Å². The molecule has 2 N–H and O–H groups in total. The van der Waals surface area contributed by atoms with Crippen molar-refractivity contribution in [1.82, 2.24) is 0 Å². The lowest BCUT2D eigenvalue weighted by atomic mass is 10.1. The number of nitrogens with two attached hydrogens (primary N) is 1. The van der Waals surface area contributed by atoms with Gasteiger partial charge in [-0.2, -0.15) is 0 Å². The molecule has 82 valence electrons. The molecule has 15 heavy (non-hydrogen) atoms. The van der Waals surface area contributed by atoms with Gasteiger partial charge >= 0.3 is 0 Å². The number of aryl methyl sites for hydroxylation is 2. The fourth-order valence-electron chi connectivity index (χ4n) is 1.50. The molecule has 1 unspecified atom stereocenters. The van der Waals surface area contributed by atoms with E-state index in [0.29, 0.717) is 10.6 Å². The Morgan fingerprint density at radius 3 is 2.27 bits per heavy atom. The van der Waals surface area contributed by atoms with Gasteiger partial charge in [0, 0.05) is 10.6 Å². The summed E-state index contributed by atoms with van der Waals surface area (Å²) in [5.74, 6) is -0.564. The lowest BCUT2D eigenvalue weighted by Gasteiger charge is -2.08. The summed E-state index contributed by atoms with van der Waals surface area (Å²) < 4.78 is 11.6. The fourth-order valence-corrected chi connectivity index (χ4v) is 2.66. The van der Waals surface area contributed by atoms with Crippen LogP contribution in [0.1, 0.15) is 11.1 Å². The van der Waals surface area contributed by atoms with E-state index in [2.05, 4.69) is 0 Å². The van der Waals surface area contributed by atoms with Gasteiger partial charge in [0.15, 0.2) is 0 Å². The molecule has 1 aromatic carbocycles. The van der Waals surface area contributed by atoms with E-state index in [4.69, 9.17) is 5.73 Å². The average Bonchev–Trinajstić information content (AvgIpc) is 1.99. The van der Waals surface area contributed by atoms with Crippen molar-refractivity contribution in [2.45, 2.75) is 18.7 Å². The van der Waals surface area contributed by atoms with Gasteiger partial charge in [-0.15, -0.1) is 0 Å². The van der Waals surface area contributed by atoms with Crippen molar-refractivity contribution >= 4 is 16.5 Å². The Hall–Kier alpha value is -1.43. The molecule has 6 heteroatoms.